The minimum atomic E-state index is -0.401. The number of nitrogens with zero attached hydrogens (tertiary/aromatic N) is 1. The minimum Gasteiger partial charge on any atom is -0.465 e. The second-order valence-electron chi connectivity index (χ2n) is 5.36. The normalized spacial score (nSPS) is 18.7. The van der Waals surface area contributed by atoms with Crippen molar-refractivity contribution in [3.8, 4) is 6.07 Å². The molecule has 0 radical (unpaired) electrons. The molecule has 0 saturated carbocycles. The standard InChI is InChI=1S/C19H17NO2/c1-2-22-19(21)18-16-9-5-3-7-13(16)15(11-12-20)14-8-4-6-10-17(14)18/h3-10,15,18H,2,11H2,1H3. The van der Waals surface area contributed by atoms with Crippen LogP contribution in [0.15, 0.2) is 48.5 Å². The quantitative estimate of drug-likeness (QED) is 0.809. The van der Waals surface area contributed by atoms with Gasteiger partial charge in [0, 0.05) is 12.3 Å². The van der Waals surface area contributed by atoms with E-state index in [9.17, 15) is 10.1 Å². The van der Waals surface area contributed by atoms with Crippen LogP contribution >= 0.6 is 0 Å². The Kier molecular flexibility index (Phi) is 3.93. The summed E-state index contributed by atoms with van der Waals surface area (Å²) in [6, 6.07) is 18.0. The Balaban J connectivity index is 2.20. The first-order valence-electron chi connectivity index (χ1n) is 7.49. The Morgan fingerprint density at radius 1 is 1.05 bits per heavy atom. The van der Waals surface area contributed by atoms with E-state index in [1.54, 1.807) is 0 Å². The first-order valence-corrected chi connectivity index (χ1v) is 7.49. The second kappa shape index (κ2) is 6.03. The van der Waals surface area contributed by atoms with Crippen LogP contribution < -0.4 is 0 Å². The molecule has 0 saturated heterocycles. The highest BCUT2D eigenvalue weighted by atomic mass is 16.5. The molecule has 0 fully saturated rings. The molecule has 1 aliphatic rings. The molecule has 2 aromatic carbocycles. The maximum Gasteiger partial charge on any atom is 0.317 e. The topological polar surface area (TPSA) is 50.1 Å². The molecule has 0 N–H and O–H groups in total. The average Bonchev–Trinajstić information content (AvgIpc) is 2.55. The Labute approximate surface area is 130 Å². The molecule has 3 nitrogen and oxygen atoms in total. The molecule has 3 heteroatoms. The van der Waals surface area contributed by atoms with Crippen LogP contribution in [0.25, 0.3) is 0 Å². The van der Waals surface area contributed by atoms with Gasteiger partial charge in [0.2, 0.25) is 0 Å². The molecule has 110 valence electrons. The van der Waals surface area contributed by atoms with Crippen molar-refractivity contribution in [2.24, 2.45) is 0 Å². The fourth-order valence-electron chi connectivity index (χ4n) is 3.31. The molecule has 0 aliphatic heterocycles. The molecule has 2 aromatic rings. The monoisotopic (exact) mass is 291 g/mol. The van der Waals surface area contributed by atoms with E-state index in [1.165, 1.54) is 0 Å². The number of ether oxygens (including phenoxy) is 1. The van der Waals surface area contributed by atoms with Crippen molar-refractivity contribution in [1.29, 1.82) is 5.26 Å². The van der Waals surface area contributed by atoms with E-state index < -0.39 is 5.92 Å². The zero-order valence-electron chi connectivity index (χ0n) is 12.5. The summed E-state index contributed by atoms with van der Waals surface area (Å²) in [6.45, 7) is 2.18. The average molecular weight is 291 g/mol. The third-order valence-electron chi connectivity index (χ3n) is 4.18. The van der Waals surface area contributed by atoms with Gasteiger partial charge in [-0.3, -0.25) is 4.79 Å². The van der Waals surface area contributed by atoms with Gasteiger partial charge in [-0.1, -0.05) is 48.5 Å². The molecule has 0 aromatic heterocycles. The fourth-order valence-corrected chi connectivity index (χ4v) is 3.31. The number of esters is 1. The van der Waals surface area contributed by atoms with E-state index in [0.29, 0.717) is 13.0 Å². The maximum absolute atomic E-state index is 12.5. The first kappa shape index (κ1) is 14.3. The predicted octanol–water partition coefficient (Wildman–Crippen LogP) is 3.74. The molecule has 0 atom stereocenters. The van der Waals surface area contributed by atoms with Gasteiger partial charge in [-0.25, -0.2) is 0 Å². The van der Waals surface area contributed by atoms with Gasteiger partial charge in [-0.15, -0.1) is 0 Å². The number of fused-ring (bicyclic) bond motifs is 2. The Morgan fingerprint density at radius 2 is 1.55 bits per heavy atom. The summed E-state index contributed by atoms with van der Waals surface area (Å²) in [5, 5.41) is 9.19. The highest BCUT2D eigenvalue weighted by molar-refractivity contribution is 5.84. The summed E-state index contributed by atoms with van der Waals surface area (Å²) in [5.74, 6) is -0.608. The first-order chi connectivity index (χ1) is 10.8. The Morgan fingerprint density at radius 3 is 2.00 bits per heavy atom. The number of carbonyl (C=O) groups is 1. The zero-order chi connectivity index (χ0) is 15.5. The van der Waals surface area contributed by atoms with Crippen molar-refractivity contribution in [2.75, 3.05) is 6.61 Å². The Hall–Kier alpha value is -2.60. The van der Waals surface area contributed by atoms with E-state index in [2.05, 4.69) is 6.07 Å². The van der Waals surface area contributed by atoms with Crippen LogP contribution in [-0.4, -0.2) is 12.6 Å². The lowest BCUT2D eigenvalue weighted by molar-refractivity contribution is -0.143. The molecule has 0 spiro atoms. The smallest absolute Gasteiger partial charge is 0.317 e. The van der Waals surface area contributed by atoms with Gasteiger partial charge in [-0.05, 0) is 29.2 Å². The molecule has 0 unspecified atom stereocenters. The van der Waals surface area contributed by atoms with E-state index in [-0.39, 0.29) is 11.9 Å². The fraction of sp³-hybridized carbons (Fsp3) is 0.263. The lowest BCUT2D eigenvalue weighted by Gasteiger charge is -2.32. The van der Waals surface area contributed by atoms with Crippen molar-refractivity contribution in [2.45, 2.75) is 25.2 Å². The Bertz CT molecular complexity index is 698. The molecule has 0 heterocycles. The number of carbonyl (C=O) groups excluding carboxylic acids is 1. The molecule has 0 amide bonds. The van der Waals surface area contributed by atoms with Crippen molar-refractivity contribution >= 4 is 5.97 Å². The summed E-state index contributed by atoms with van der Waals surface area (Å²) < 4.78 is 5.29. The van der Waals surface area contributed by atoms with Gasteiger partial charge >= 0.3 is 5.97 Å². The number of hydrogen-bond acceptors (Lipinski definition) is 3. The van der Waals surface area contributed by atoms with Crippen molar-refractivity contribution in [1.82, 2.24) is 0 Å². The van der Waals surface area contributed by atoms with Crippen molar-refractivity contribution < 1.29 is 9.53 Å². The molecule has 0 bridgehead atoms. The van der Waals surface area contributed by atoms with Crippen molar-refractivity contribution in [3.63, 3.8) is 0 Å². The van der Waals surface area contributed by atoms with Crippen LogP contribution in [0.5, 0.6) is 0 Å². The lowest BCUT2D eigenvalue weighted by Crippen LogP contribution is -2.25. The lowest BCUT2D eigenvalue weighted by atomic mass is 9.71. The summed E-state index contributed by atoms with van der Waals surface area (Å²) in [7, 11) is 0. The highest BCUT2D eigenvalue weighted by Gasteiger charge is 2.36. The maximum atomic E-state index is 12.5. The summed E-state index contributed by atoms with van der Waals surface area (Å²) in [5.41, 5.74) is 4.03. The predicted molar refractivity (Wildman–Crippen MR) is 83.4 cm³/mol. The minimum absolute atomic E-state index is 0.0167. The van der Waals surface area contributed by atoms with Gasteiger partial charge in [0.1, 0.15) is 5.92 Å². The van der Waals surface area contributed by atoms with Crippen LogP contribution in [-0.2, 0) is 9.53 Å². The third kappa shape index (κ3) is 2.27. The summed E-state index contributed by atoms with van der Waals surface area (Å²) >= 11 is 0. The SMILES string of the molecule is CCOC(=O)C1c2ccccc2C(CC#N)c2ccccc21. The van der Waals surface area contributed by atoms with Gasteiger partial charge in [0.15, 0.2) is 0 Å². The number of benzene rings is 2. The van der Waals surface area contributed by atoms with E-state index in [0.717, 1.165) is 22.3 Å². The summed E-state index contributed by atoms with van der Waals surface area (Å²) in [6.07, 6.45) is 0.406. The van der Waals surface area contributed by atoms with Crippen LogP contribution in [0.4, 0.5) is 0 Å². The second-order valence-corrected chi connectivity index (χ2v) is 5.36. The molecular formula is C19H17NO2. The van der Waals surface area contributed by atoms with Crippen LogP contribution in [0.2, 0.25) is 0 Å². The van der Waals surface area contributed by atoms with E-state index in [1.807, 2.05) is 55.5 Å². The number of rotatable bonds is 3. The van der Waals surface area contributed by atoms with Crippen LogP contribution in [0.1, 0.15) is 47.4 Å². The van der Waals surface area contributed by atoms with Crippen molar-refractivity contribution in [3.05, 3.63) is 70.8 Å². The zero-order valence-corrected chi connectivity index (χ0v) is 12.5. The third-order valence-corrected chi connectivity index (χ3v) is 4.18. The van der Waals surface area contributed by atoms with Gasteiger partial charge in [0.25, 0.3) is 0 Å². The van der Waals surface area contributed by atoms with Gasteiger partial charge in [0.05, 0.1) is 12.7 Å². The van der Waals surface area contributed by atoms with Crippen LogP contribution in [0, 0.1) is 11.3 Å². The van der Waals surface area contributed by atoms with Crippen LogP contribution in [0.3, 0.4) is 0 Å². The highest BCUT2D eigenvalue weighted by Crippen LogP contribution is 2.44. The molecule has 22 heavy (non-hydrogen) atoms. The van der Waals surface area contributed by atoms with Gasteiger partial charge < -0.3 is 4.74 Å². The number of nitriles is 1. The largest absolute Gasteiger partial charge is 0.465 e. The van der Waals surface area contributed by atoms with Gasteiger partial charge in [-0.2, -0.15) is 5.26 Å². The van der Waals surface area contributed by atoms with E-state index >= 15 is 0 Å². The molecule has 1 aliphatic carbocycles. The molecular weight excluding hydrogens is 274 g/mol. The number of hydrogen-bond donors (Lipinski definition) is 0. The summed E-state index contributed by atoms with van der Waals surface area (Å²) in [4.78, 5) is 12.5. The van der Waals surface area contributed by atoms with E-state index in [4.69, 9.17) is 4.74 Å². The molecule has 3 rings (SSSR count).